The van der Waals surface area contributed by atoms with Crippen LogP contribution in [-0.4, -0.2) is 68.2 Å². The van der Waals surface area contributed by atoms with Crippen LogP contribution in [0.2, 0.25) is 0 Å². The predicted molar refractivity (Wildman–Crippen MR) is 137 cm³/mol. The first-order chi connectivity index (χ1) is 16.8. The molecule has 1 fully saturated rings. The number of allylic oxidation sites excluding steroid dienone is 1. The molecule has 1 aliphatic rings. The third-order valence-corrected chi connectivity index (χ3v) is 5.35. The fraction of sp³-hybridized carbons (Fsp3) is 0.654. The van der Waals surface area contributed by atoms with E-state index in [0.29, 0.717) is 17.2 Å². The zero-order valence-electron chi connectivity index (χ0n) is 21.7. The van der Waals surface area contributed by atoms with Gasteiger partial charge in [-0.3, -0.25) is 10.3 Å². The number of anilines is 1. The molecule has 1 saturated heterocycles. The minimum Gasteiger partial charge on any atom is -0.432 e. The Labute approximate surface area is 209 Å². The van der Waals surface area contributed by atoms with Gasteiger partial charge in [-0.15, -0.1) is 0 Å². The first-order valence-corrected chi connectivity index (χ1v) is 12.6. The summed E-state index contributed by atoms with van der Waals surface area (Å²) in [6.07, 6.45) is 7.59. The van der Waals surface area contributed by atoms with Gasteiger partial charge in [0.05, 0.1) is 13.2 Å². The highest BCUT2D eigenvalue weighted by atomic mass is 19.3. The molecule has 2 N–H and O–H groups in total. The topological polar surface area (TPSA) is 60.8 Å². The second-order valence-corrected chi connectivity index (χ2v) is 8.51. The number of amidine groups is 1. The number of benzene rings is 1. The van der Waals surface area contributed by atoms with Crippen LogP contribution in [0.1, 0.15) is 59.8 Å². The quantitative estimate of drug-likeness (QED) is 0.188. The lowest BCUT2D eigenvalue weighted by molar-refractivity contribution is -0.0521. The zero-order valence-corrected chi connectivity index (χ0v) is 21.7. The van der Waals surface area contributed by atoms with Gasteiger partial charge in [0.25, 0.3) is 0 Å². The molecule has 6 nitrogen and oxygen atoms in total. The maximum Gasteiger partial charge on any atom is 0.387 e. The first kappa shape index (κ1) is 30.8. The fourth-order valence-electron chi connectivity index (χ4n) is 3.63. The number of nitrogens with zero attached hydrogens (tertiary/aromatic N) is 2. The van der Waals surface area contributed by atoms with Gasteiger partial charge in [-0.1, -0.05) is 33.6 Å². The monoisotopic (exact) mass is 500 g/mol. The number of unbranched alkanes of at least 4 members (excludes halogenated alkanes) is 2. The third-order valence-electron chi connectivity index (χ3n) is 5.35. The molecule has 0 aliphatic carbocycles. The van der Waals surface area contributed by atoms with E-state index in [1.54, 1.807) is 13.0 Å². The van der Waals surface area contributed by atoms with Crippen LogP contribution in [0.15, 0.2) is 30.0 Å². The third kappa shape index (κ3) is 13.4. The summed E-state index contributed by atoms with van der Waals surface area (Å²) in [6, 6.07) is 3.64. The van der Waals surface area contributed by atoms with Crippen LogP contribution in [0, 0.1) is 11.2 Å². The van der Waals surface area contributed by atoms with Crippen molar-refractivity contribution < 1.29 is 22.6 Å². The number of hydrogen-bond acceptors (Lipinski definition) is 5. The van der Waals surface area contributed by atoms with Crippen molar-refractivity contribution in [3.63, 3.8) is 0 Å². The van der Waals surface area contributed by atoms with Crippen molar-refractivity contribution in [2.45, 2.75) is 66.4 Å². The summed E-state index contributed by atoms with van der Waals surface area (Å²) in [6.45, 7) is 12.0. The standard InChI is InChI=1S/C17H24F3N3O.C9H19NO/c1-4-8-23(9-5-2)16(21)10-12(3)22-13-6-7-14(18)15(11-13)24-17(19)20;1-2-3-4-5-10-6-8-11-9-7-10/h6-7,10-11,17,21-22H,4-5,8-9H2,1-3H3;2-9H2,1H3/b12-10-,21-16?;. The van der Waals surface area contributed by atoms with E-state index >= 15 is 0 Å². The van der Waals surface area contributed by atoms with Gasteiger partial charge in [0.2, 0.25) is 0 Å². The summed E-state index contributed by atoms with van der Waals surface area (Å²) in [4.78, 5) is 4.46. The predicted octanol–water partition coefficient (Wildman–Crippen LogP) is 6.35. The molecule has 0 radical (unpaired) electrons. The molecular weight excluding hydrogens is 457 g/mol. The van der Waals surface area contributed by atoms with Gasteiger partial charge in [-0.2, -0.15) is 8.78 Å². The van der Waals surface area contributed by atoms with Crippen molar-refractivity contribution >= 4 is 11.5 Å². The molecule has 9 heteroatoms. The Hall–Kier alpha value is -2.26. The second kappa shape index (κ2) is 18.1. The number of hydrogen-bond donors (Lipinski definition) is 2. The molecule has 1 heterocycles. The summed E-state index contributed by atoms with van der Waals surface area (Å²) >= 11 is 0. The molecule has 1 aromatic carbocycles. The van der Waals surface area contributed by atoms with Crippen molar-refractivity contribution in [3.8, 4) is 5.75 Å². The van der Waals surface area contributed by atoms with Crippen molar-refractivity contribution in [3.05, 3.63) is 35.8 Å². The van der Waals surface area contributed by atoms with Crippen molar-refractivity contribution in [1.82, 2.24) is 9.80 Å². The van der Waals surface area contributed by atoms with Gasteiger partial charge in [-0.05, 0) is 50.9 Å². The number of ether oxygens (including phenoxy) is 2. The van der Waals surface area contributed by atoms with Crippen LogP contribution in [-0.2, 0) is 4.74 Å². The largest absolute Gasteiger partial charge is 0.432 e. The number of halogens is 3. The summed E-state index contributed by atoms with van der Waals surface area (Å²) in [5.74, 6) is -1.00. The molecular formula is C26H43F3N4O2. The molecule has 200 valence electrons. The van der Waals surface area contributed by atoms with E-state index < -0.39 is 18.2 Å². The van der Waals surface area contributed by atoms with Gasteiger partial charge < -0.3 is 19.7 Å². The van der Waals surface area contributed by atoms with Gasteiger partial charge in [0.1, 0.15) is 5.84 Å². The number of rotatable bonds is 13. The van der Waals surface area contributed by atoms with Gasteiger partial charge in [0.15, 0.2) is 11.6 Å². The van der Waals surface area contributed by atoms with Crippen LogP contribution in [0.5, 0.6) is 5.75 Å². The normalized spacial score (nSPS) is 14.3. The van der Waals surface area contributed by atoms with E-state index in [4.69, 9.17) is 10.1 Å². The van der Waals surface area contributed by atoms with Gasteiger partial charge >= 0.3 is 6.61 Å². The summed E-state index contributed by atoms with van der Waals surface area (Å²) in [5, 5.41) is 11.1. The Kier molecular flexibility index (Phi) is 15.9. The molecule has 0 bridgehead atoms. The SMILES string of the molecule is CCCCCN1CCOCC1.CCCN(CCC)C(=N)/C=C(/C)Nc1ccc(F)c(OC(F)F)c1. The average Bonchev–Trinajstić information content (AvgIpc) is 2.82. The van der Waals surface area contributed by atoms with E-state index in [-0.39, 0.29) is 0 Å². The van der Waals surface area contributed by atoms with E-state index in [2.05, 4.69) is 21.9 Å². The van der Waals surface area contributed by atoms with Crippen LogP contribution in [0.4, 0.5) is 18.9 Å². The Bertz CT molecular complexity index is 750. The molecule has 1 aromatic rings. The Morgan fingerprint density at radius 1 is 1.14 bits per heavy atom. The smallest absolute Gasteiger partial charge is 0.387 e. The summed E-state index contributed by atoms with van der Waals surface area (Å²) < 4.78 is 47.3. The van der Waals surface area contributed by atoms with Crippen molar-refractivity contribution in [1.29, 1.82) is 5.41 Å². The molecule has 2 rings (SSSR count). The molecule has 0 amide bonds. The zero-order chi connectivity index (χ0) is 26.1. The molecule has 1 aliphatic heterocycles. The van der Waals surface area contributed by atoms with Crippen LogP contribution >= 0.6 is 0 Å². The second-order valence-electron chi connectivity index (χ2n) is 8.51. The van der Waals surface area contributed by atoms with Crippen LogP contribution < -0.4 is 10.1 Å². The number of alkyl halides is 2. The molecule has 0 spiro atoms. The Balaban J connectivity index is 0.000000462. The average molecular weight is 501 g/mol. The summed E-state index contributed by atoms with van der Waals surface area (Å²) in [5.41, 5.74) is 1.05. The van der Waals surface area contributed by atoms with E-state index in [9.17, 15) is 13.2 Å². The minimum absolute atomic E-state index is 0.370. The number of morpholine rings is 1. The maximum absolute atomic E-state index is 13.4. The maximum atomic E-state index is 13.4. The minimum atomic E-state index is -3.09. The number of nitrogens with one attached hydrogen (secondary N) is 2. The highest BCUT2D eigenvalue weighted by Gasteiger charge is 2.11. The Morgan fingerprint density at radius 2 is 1.80 bits per heavy atom. The van der Waals surface area contributed by atoms with Crippen LogP contribution in [0.3, 0.4) is 0 Å². The highest BCUT2D eigenvalue weighted by Crippen LogP contribution is 2.24. The molecule has 35 heavy (non-hydrogen) atoms. The molecule has 0 atom stereocenters. The van der Waals surface area contributed by atoms with E-state index in [0.717, 1.165) is 64.4 Å². The van der Waals surface area contributed by atoms with Crippen LogP contribution in [0.25, 0.3) is 0 Å². The van der Waals surface area contributed by atoms with Crippen molar-refractivity contribution in [2.24, 2.45) is 0 Å². The van der Waals surface area contributed by atoms with E-state index in [1.807, 2.05) is 18.7 Å². The molecule has 0 aromatic heterocycles. The van der Waals surface area contributed by atoms with Crippen molar-refractivity contribution in [2.75, 3.05) is 51.3 Å². The molecule has 0 unspecified atom stereocenters. The van der Waals surface area contributed by atoms with Gasteiger partial charge in [-0.25, -0.2) is 4.39 Å². The fourth-order valence-corrected chi connectivity index (χ4v) is 3.63. The van der Waals surface area contributed by atoms with Gasteiger partial charge in [0, 0.05) is 43.6 Å². The van der Waals surface area contributed by atoms with E-state index in [1.165, 1.54) is 31.9 Å². The Morgan fingerprint density at radius 3 is 2.37 bits per heavy atom. The lowest BCUT2D eigenvalue weighted by atomic mass is 10.2. The lowest BCUT2D eigenvalue weighted by Crippen LogP contribution is -2.36. The highest BCUT2D eigenvalue weighted by molar-refractivity contribution is 5.91. The summed E-state index contributed by atoms with van der Waals surface area (Å²) in [7, 11) is 0. The molecule has 0 saturated carbocycles. The first-order valence-electron chi connectivity index (χ1n) is 12.6. The lowest BCUT2D eigenvalue weighted by Gasteiger charge is -2.26.